The Labute approximate surface area is 193 Å². The highest BCUT2D eigenvalue weighted by atomic mass is 32.2. The molecule has 1 unspecified atom stereocenters. The Morgan fingerprint density at radius 2 is 2.09 bits per heavy atom. The second-order valence-electron chi connectivity index (χ2n) is 7.43. The second-order valence-corrected chi connectivity index (χ2v) is 11.9. The highest BCUT2D eigenvalue weighted by Crippen LogP contribution is 2.29. The lowest BCUT2D eigenvalue weighted by Gasteiger charge is -2.17. The molecule has 9 nitrogen and oxygen atoms in total. The number of fused-ring (bicyclic) bond motifs is 1. The van der Waals surface area contributed by atoms with Gasteiger partial charge in [0.25, 0.3) is 5.56 Å². The minimum absolute atomic E-state index is 0.112. The van der Waals surface area contributed by atoms with Crippen LogP contribution in [0.2, 0.25) is 0 Å². The maximum atomic E-state index is 13.0. The van der Waals surface area contributed by atoms with E-state index in [-0.39, 0.29) is 28.2 Å². The molecule has 1 amide bonds. The van der Waals surface area contributed by atoms with E-state index in [1.54, 1.807) is 23.6 Å². The van der Waals surface area contributed by atoms with Crippen molar-refractivity contribution in [2.24, 2.45) is 4.99 Å². The number of sulfonamides is 1. The van der Waals surface area contributed by atoms with Crippen LogP contribution in [-0.4, -0.2) is 64.1 Å². The predicted molar refractivity (Wildman–Crippen MR) is 127 cm³/mol. The molecule has 0 saturated carbocycles. The lowest BCUT2D eigenvalue weighted by molar-refractivity contribution is -0.127. The number of hydrogen-bond acceptors (Lipinski definition) is 8. The van der Waals surface area contributed by atoms with Crippen LogP contribution in [0.4, 0.5) is 5.69 Å². The van der Waals surface area contributed by atoms with Gasteiger partial charge in [0.1, 0.15) is 11.4 Å². The van der Waals surface area contributed by atoms with Crippen molar-refractivity contribution in [1.29, 1.82) is 0 Å². The third-order valence-electron chi connectivity index (χ3n) is 4.86. The number of benzene rings is 1. The summed E-state index contributed by atoms with van der Waals surface area (Å²) in [6.45, 7) is 2.27. The van der Waals surface area contributed by atoms with Crippen molar-refractivity contribution in [2.45, 2.75) is 23.6 Å². The molecule has 1 fully saturated rings. The van der Waals surface area contributed by atoms with Gasteiger partial charge in [-0.1, -0.05) is 24.8 Å². The van der Waals surface area contributed by atoms with Gasteiger partial charge in [-0.05, 0) is 29.6 Å². The number of thiophene rings is 1. The molecular weight excluding hydrogens is 470 g/mol. The van der Waals surface area contributed by atoms with Gasteiger partial charge in [0.2, 0.25) is 15.9 Å². The van der Waals surface area contributed by atoms with Crippen LogP contribution in [0, 0.1) is 0 Å². The summed E-state index contributed by atoms with van der Waals surface area (Å²) in [7, 11) is -0.669. The Morgan fingerprint density at radius 1 is 1.31 bits per heavy atom. The van der Waals surface area contributed by atoms with E-state index in [1.165, 1.54) is 65.1 Å². The monoisotopic (exact) mass is 491 g/mol. The maximum absolute atomic E-state index is 13.0. The molecule has 1 aromatic carbocycles. The van der Waals surface area contributed by atoms with Crippen LogP contribution < -0.4 is 5.56 Å². The molecule has 3 aromatic rings. The van der Waals surface area contributed by atoms with E-state index in [4.69, 9.17) is 0 Å². The minimum Gasteiger partial charge on any atom is -0.289 e. The van der Waals surface area contributed by atoms with Crippen LogP contribution >= 0.6 is 23.1 Å². The zero-order valence-corrected chi connectivity index (χ0v) is 20.1. The van der Waals surface area contributed by atoms with E-state index in [9.17, 15) is 18.0 Å². The van der Waals surface area contributed by atoms with Gasteiger partial charge in [0.05, 0.1) is 22.3 Å². The zero-order chi connectivity index (χ0) is 23.0. The molecule has 3 heterocycles. The highest BCUT2D eigenvalue weighted by Gasteiger charge is 2.31. The van der Waals surface area contributed by atoms with Crippen molar-refractivity contribution in [3.8, 4) is 0 Å². The van der Waals surface area contributed by atoms with Gasteiger partial charge in [-0.15, -0.1) is 11.3 Å². The summed E-state index contributed by atoms with van der Waals surface area (Å²) in [5, 5.41) is 2.86. The van der Waals surface area contributed by atoms with Gasteiger partial charge >= 0.3 is 0 Å². The molecule has 12 heteroatoms. The van der Waals surface area contributed by atoms with Crippen molar-refractivity contribution in [3.63, 3.8) is 0 Å². The van der Waals surface area contributed by atoms with Gasteiger partial charge in [-0.3, -0.25) is 19.1 Å². The number of carbonyl (C=O) groups is 1. The molecule has 0 spiro atoms. The smallest absolute Gasteiger partial charge is 0.262 e. The summed E-state index contributed by atoms with van der Waals surface area (Å²) >= 11 is 2.80. The first-order chi connectivity index (χ1) is 15.2. The number of aliphatic imine (C=N–C) groups is 1. The van der Waals surface area contributed by atoms with Gasteiger partial charge in [-0.2, -0.15) is 0 Å². The average molecular weight is 492 g/mol. The summed E-state index contributed by atoms with van der Waals surface area (Å²) in [4.78, 5) is 36.8. The fourth-order valence-electron chi connectivity index (χ4n) is 3.18. The lowest BCUT2D eigenvalue weighted by atomic mass is 10.3. The fourth-order valence-corrected chi connectivity index (χ4v) is 5.89. The number of thioether (sulfide) groups is 1. The Balaban J connectivity index is 1.62. The maximum Gasteiger partial charge on any atom is 0.262 e. The Kier molecular flexibility index (Phi) is 6.21. The van der Waals surface area contributed by atoms with E-state index in [2.05, 4.69) is 9.98 Å². The third kappa shape index (κ3) is 4.35. The second kappa shape index (κ2) is 8.77. The number of carbonyl (C=O) groups excluding carboxylic acids is 1. The topological polar surface area (TPSA) is 105 Å². The SMILES string of the molecule is CC1CN(C(=O)Cn2cnc3sccc3c2=O)C(=Nc2cccc(S(=O)(=O)N(C)C)c2)S1. The molecule has 2 aromatic heterocycles. The molecule has 168 valence electrons. The number of hydrogen-bond donors (Lipinski definition) is 0. The van der Waals surface area contributed by atoms with Crippen LogP contribution in [-0.2, 0) is 21.4 Å². The van der Waals surface area contributed by atoms with Gasteiger partial charge in [-0.25, -0.2) is 22.7 Å². The van der Waals surface area contributed by atoms with E-state index in [0.29, 0.717) is 27.6 Å². The molecule has 1 aliphatic heterocycles. The molecule has 1 saturated heterocycles. The predicted octanol–water partition coefficient (Wildman–Crippen LogP) is 2.36. The molecule has 1 atom stereocenters. The van der Waals surface area contributed by atoms with E-state index in [0.717, 1.165) is 4.31 Å². The molecule has 0 radical (unpaired) electrons. The molecule has 0 aliphatic carbocycles. The standard InChI is InChI=1S/C20H21N5O4S3/c1-13-10-25(17(26)11-24-12-21-18-16(19(24)27)7-8-30-18)20(31-13)22-14-5-4-6-15(9-14)32(28,29)23(2)3/h4-9,12-13H,10-11H2,1-3H3. The Morgan fingerprint density at radius 3 is 2.84 bits per heavy atom. The number of aromatic nitrogens is 2. The van der Waals surface area contributed by atoms with Gasteiger partial charge in [0, 0.05) is 25.9 Å². The highest BCUT2D eigenvalue weighted by molar-refractivity contribution is 8.14. The van der Waals surface area contributed by atoms with Crippen molar-refractivity contribution in [1.82, 2.24) is 18.8 Å². The number of amides is 1. The van der Waals surface area contributed by atoms with Gasteiger partial charge < -0.3 is 0 Å². The quantitative estimate of drug-likeness (QED) is 0.543. The normalized spacial score (nSPS) is 18.2. The van der Waals surface area contributed by atoms with E-state index >= 15 is 0 Å². The van der Waals surface area contributed by atoms with Gasteiger partial charge in [0.15, 0.2) is 5.17 Å². The van der Waals surface area contributed by atoms with Crippen LogP contribution in [0.25, 0.3) is 10.2 Å². The van der Waals surface area contributed by atoms with Crippen molar-refractivity contribution >= 4 is 60.1 Å². The Hall–Kier alpha value is -2.54. The molecule has 1 aliphatic rings. The molecule has 4 rings (SSSR count). The van der Waals surface area contributed by atoms with Crippen LogP contribution in [0.5, 0.6) is 0 Å². The molecule has 0 N–H and O–H groups in total. The number of nitrogens with zero attached hydrogens (tertiary/aromatic N) is 5. The first-order valence-corrected chi connectivity index (χ1v) is 12.9. The van der Waals surface area contributed by atoms with Crippen molar-refractivity contribution in [2.75, 3.05) is 20.6 Å². The lowest BCUT2D eigenvalue weighted by Crippen LogP contribution is -2.37. The van der Waals surface area contributed by atoms with E-state index in [1.807, 2.05) is 6.92 Å². The largest absolute Gasteiger partial charge is 0.289 e. The summed E-state index contributed by atoms with van der Waals surface area (Å²) in [6, 6.07) is 7.99. The minimum atomic E-state index is -3.60. The number of rotatable bonds is 5. The van der Waals surface area contributed by atoms with Crippen LogP contribution in [0.1, 0.15) is 6.92 Å². The zero-order valence-electron chi connectivity index (χ0n) is 17.6. The molecular formula is C20H21N5O4S3. The van der Waals surface area contributed by atoms with E-state index < -0.39 is 10.0 Å². The summed E-state index contributed by atoms with van der Waals surface area (Å²) in [5.74, 6) is -0.281. The van der Waals surface area contributed by atoms with Crippen molar-refractivity contribution < 1.29 is 13.2 Å². The van der Waals surface area contributed by atoms with Crippen LogP contribution in [0.3, 0.4) is 0 Å². The fraction of sp³-hybridized carbons (Fsp3) is 0.300. The first-order valence-electron chi connectivity index (χ1n) is 9.68. The molecule has 32 heavy (non-hydrogen) atoms. The third-order valence-corrected chi connectivity index (χ3v) is 8.56. The Bertz CT molecular complexity index is 1380. The summed E-state index contributed by atoms with van der Waals surface area (Å²) < 4.78 is 27.3. The summed E-state index contributed by atoms with van der Waals surface area (Å²) in [6.07, 6.45) is 1.39. The molecule has 0 bridgehead atoms. The average Bonchev–Trinajstić information content (AvgIpc) is 3.37. The van der Waals surface area contributed by atoms with Crippen LogP contribution in [0.15, 0.2) is 56.7 Å². The number of amidine groups is 1. The van der Waals surface area contributed by atoms with Crippen molar-refractivity contribution in [3.05, 3.63) is 52.4 Å². The summed E-state index contributed by atoms with van der Waals surface area (Å²) in [5.41, 5.74) is 0.172. The first kappa shape index (κ1) is 22.6.